The van der Waals surface area contributed by atoms with Crippen molar-refractivity contribution in [1.29, 1.82) is 0 Å². The van der Waals surface area contributed by atoms with Crippen molar-refractivity contribution in [3.05, 3.63) is 41.0 Å². The monoisotopic (exact) mass is 416 g/mol. The van der Waals surface area contributed by atoms with Crippen LogP contribution in [0.5, 0.6) is 5.75 Å². The van der Waals surface area contributed by atoms with Crippen molar-refractivity contribution < 1.29 is 19.1 Å². The summed E-state index contributed by atoms with van der Waals surface area (Å²) >= 11 is 0. The molecule has 0 unspecified atom stereocenters. The molecule has 2 saturated heterocycles. The van der Waals surface area contributed by atoms with Crippen molar-refractivity contribution in [2.24, 2.45) is 29.2 Å². The van der Waals surface area contributed by atoms with E-state index in [-0.39, 0.29) is 29.9 Å². The summed E-state index contributed by atoms with van der Waals surface area (Å²) < 4.78 is 13.8. The van der Waals surface area contributed by atoms with Crippen LogP contribution < -0.4 is 11.5 Å². The van der Waals surface area contributed by atoms with Crippen LogP contribution in [0.25, 0.3) is 0 Å². The number of allylic oxidation sites excluding steroid dienone is 2. The minimum absolute atomic E-state index is 0.00965. The highest BCUT2D eigenvalue weighted by molar-refractivity contribution is 5.80. The molecule has 0 spiro atoms. The molecule has 3 atom stereocenters. The number of nitrogens with two attached hydrogens (primary N) is 2. The number of phenols is 1. The van der Waals surface area contributed by atoms with E-state index in [1.54, 1.807) is 0 Å². The number of hydrogen-bond acceptors (Lipinski definition) is 5. The largest absolute Gasteiger partial charge is 0.508 e. The third-order valence-electron chi connectivity index (χ3n) is 6.79. The molecular formula is C22H29FN4O3. The Bertz CT molecular complexity index is 873. The van der Waals surface area contributed by atoms with Gasteiger partial charge in [-0.3, -0.25) is 9.59 Å². The van der Waals surface area contributed by atoms with Crippen molar-refractivity contribution in [2.45, 2.75) is 32.1 Å². The number of carbonyl (C=O) groups is 2. The maximum absolute atomic E-state index is 13.8. The number of nitrogens with zero attached hydrogens (tertiary/aromatic N) is 2. The van der Waals surface area contributed by atoms with Gasteiger partial charge in [0.25, 0.3) is 0 Å². The number of amides is 2. The van der Waals surface area contributed by atoms with E-state index in [0.717, 1.165) is 12.5 Å². The number of hydrogen-bond donors (Lipinski definition) is 3. The molecule has 2 amide bonds. The van der Waals surface area contributed by atoms with Gasteiger partial charge in [-0.25, -0.2) is 4.39 Å². The first-order valence-corrected chi connectivity index (χ1v) is 10.6. The maximum Gasteiger partial charge on any atom is 0.226 e. The Kier molecular flexibility index (Phi) is 5.58. The molecule has 5 N–H and O–H groups in total. The van der Waals surface area contributed by atoms with Crippen molar-refractivity contribution in [3.63, 3.8) is 0 Å². The lowest BCUT2D eigenvalue weighted by Crippen LogP contribution is -2.39. The molecule has 1 aromatic carbocycles. The SMILES string of the molecule is NC1=C(N)C[C@H](C(=O)N2C[C@H]3CN(C(=O)CCc4ccc(O)cc4F)C[C@@H]3C2)CC1. The summed E-state index contributed by atoms with van der Waals surface area (Å²) in [4.78, 5) is 29.3. The number of phenolic OH excluding ortho intramolecular Hbond substituents is 1. The van der Waals surface area contributed by atoms with Gasteiger partial charge in [0.2, 0.25) is 11.8 Å². The highest BCUT2D eigenvalue weighted by atomic mass is 19.1. The second-order valence-electron chi connectivity index (χ2n) is 8.83. The molecule has 4 rings (SSSR count). The molecule has 7 nitrogen and oxygen atoms in total. The van der Waals surface area contributed by atoms with Crippen molar-refractivity contribution in [2.75, 3.05) is 26.2 Å². The fourth-order valence-corrected chi connectivity index (χ4v) is 4.97. The van der Waals surface area contributed by atoms with Gasteiger partial charge in [0.15, 0.2) is 0 Å². The highest BCUT2D eigenvalue weighted by Crippen LogP contribution is 2.34. The number of aryl methyl sites for hydroxylation is 1. The van der Waals surface area contributed by atoms with Gasteiger partial charge >= 0.3 is 0 Å². The van der Waals surface area contributed by atoms with Crippen LogP contribution in [-0.2, 0) is 16.0 Å². The predicted molar refractivity (Wildman–Crippen MR) is 109 cm³/mol. The van der Waals surface area contributed by atoms with Crippen molar-refractivity contribution in [3.8, 4) is 5.75 Å². The molecule has 0 radical (unpaired) electrons. The minimum atomic E-state index is -0.491. The van der Waals surface area contributed by atoms with Gasteiger partial charge in [-0.15, -0.1) is 0 Å². The van der Waals surface area contributed by atoms with Crippen LogP contribution in [0.15, 0.2) is 29.6 Å². The summed E-state index contributed by atoms with van der Waals surface area (Å²) in [6.45, 7) is 2.64. The molecule has 8 heteroatoms. The third kappa shape index (κ3) is 4.08. The van der Waals surface area contributed by atoms with E-state index in [4.69, 9.17) is 11.5 Å². The third-order valence-corrected chi connectivity index (χ3v) is 6.79. The van der Waals surface area contributed by atoms with Crippen molar-refractivity contribution in [1.82, 2.24) is 9.80 Å². The topological polar surface area (TPSA) is 113 Å². The van der Waals surface area contributed by atoms with Crippen molar-refractivity contribution >= 4 is 11.8 Å². The van der Waals surface area contributed by atoms with Crippen LogP contribution >= 0.6 is 0 Å². The van der Waals surface area contributed by atoms with Gasteiger partial charge < -0.3 is 26.4 Å². The van der Waals surface area contributed by atoms with Gasteiger partial charge in [0.05, 0.1) is 0 Å². The lowest BCUT2D eigenvalue weighted by atomic mass is 9.89. The first-order chi connectivity index (χ1) is 14.3. The number of fused-ring (bicyclic) bond motifs is 1. The lowest BCUT2D eigenvalue weighted by molar-refractivity contribution is -0.135. The molecule has 3 aliphatic rings. The van der Waals surface area contributed by atoms with Gasteiger partial charge in [0.1, 0.15) is 11.6 Å². The summed E-state index contributed by atoms with van der Waals surface area (Å²) in [5, 5.41) is 9.29. The van der Waals surface area contributed by atoms with Crippen LogP contribution in [-0.4, -0.2) is 52.9 Å². The zero-order chi connectivity index (χ0) is 21.4. The molecule has 162 valence electrons. The number of halogens is 1. The average Bonchev–Trinajstić information content (AvgIpc) is 3.28. The standard InChI is InChI=1S/C22H29FN4O3/c23-18-8-17(28)4-1-13(18)3-6-21(29)26-9-15-11-27(12-16(15)10-26)22(30)14-2-5-19(24)20(25)7-14/h1,4,8,14-16,28H,2-3,5-7,9-12,24-25H2/t14-,15-,16-/m1/s1. The number of carbonyl (C=O) groups excluding carboxylic acids is 2. The molecule has 2 aliphatic heterocycles. The Morgan fingerprint density at radius 2 is 1.73 bits per heavy atom. The van der Waals surface area contributed by atoms with Gasteiger partial charge in [-0.05, 0) is 30.9 Å². The van der Waals surface area contributed by atoms with E-state index in [1.807, 2.05) is 9.80 Å². The van der Waals surface area contributed by atoms with Crippen LogP contribution in [0.4, 0.5) is 4.39 Å². The first kappa shape index (κ1) is 20.5. The van der Waals surface area contributed by atoms with Crippen LogP contribution in [0.2, 0.25) is 0 Å². The predicted octanol–water partition coefficient (Wildman–Crippen LogP) is 1.31. The minimum Gasteiger partial charge on any atom is -0.508 e. The Morgan fingerprint density at radius 1 is 1.07 bits per heavy atom. The second-order valence-corrected chi connectivity index (χ2v) is 8.83. The molecule has 1 aliphatic carbocycles. The Hall–Kier alpha value is -2.77. The van der Waals surface area contributed by atoms with Crippen LogP contribution in [0.1, 0.15) is 31.2 Å². The molecule has 0 bridgehead atoms. The molecule has 1 aromatic rings. The smallest absolute Gasteiger partial charge is 0.226 e. The fourth-order valence-electron chi connectivity index (χ4n) is 4.97. The van der Waals surface area contributed by atoms with E-state index in [2.05, 4.69) is 0 Å². The number of benzene rings is 1. The number of rotatable bonds is 4. The number of likely N-dealkylation sites (tertiary alicyclic amines) is 2. The summed E-state index contributed by atoms with van der Waals surface area (Å²) in [6, 6.07) is 4.01. The van der Waals surface area contributed by atoms with E-state index >= 15 is 0 Å². The number of aromatic hydroxyl groups is 1. The van der Waals surface area contributed by atoms with Crippen LogP contribution in [0, 0.1) is 23.6 Å². The first-order valence-electron chi connectivity index (χ1n) is 10.6. The summed E-state index contributed by atoms with van der Waals surface area (Å²) in [5.74, 6) is 0.0550. The van der Waals surface area contributed by atoms with E-state index in [0.29, 0.717) is 74.2 Å². The van der Waals surface area contributed by atoms with E-state index < -0.39 is 5.82 Å². The maximum atomic E-state index is 13.8. The molecule has 2 fully saturated rings. The van der Waals surface area contributed by atoms with Gasteiger partial charge in [-0.2, -0.15) is 0 Å². The average molecular weight is 416 g/mol. The zero-order valence-corrected chi connectivity index (χ0v) is 17.0. The summed E-state index contributed by atoms with van der Waals surface area (Å²) in [6.07, 6.45) is 2.50. The molecule has 0 aromatic heterocycles. The Balaban J connectivity index is 1.27. The zero-order valence-electron chi connectivity index (χ0n) is 17.0. The normalized spacial score (nSPS) is 26.2. The summed E-state index contributed by atoms with van der Waals surface area (Å²) in [7, 11) is 0. The quantitative estimate of drug-likeness (QED) is 0.685. The molecule has 30 heavy (non-hydrogen) atoms. The molecular weight excluding hydrogens is 387 g/mol. The Labute approximate surface area is 175 Å². The highest BCUT2D eigenvalue weighted by Gasteiger charge is 2.44. The molecule has 0 saturated carbocycles. The van der Waals surface area contributed by atoms with Crippen LogP contribution in [0.3, 0.4) is 0 Å². The van der Waals surface area contributed by atoms with E-state index in [1.165, 1.54) is 12.1 Å². The fraction of sp³-hybridized carbons (Fsp3) is 0.545. The lowest BCUT2D eigenvalue weighted by Gasteiger charge is -2.28. The summed E-state index contributed by atoms with van der Waals surface area (Å²) in [5.41, 5.74) is 13.6. The Morgan fingerprint density at radius 3 is 2.37 bits per heavy atom. The van der Waals surface area contributed by atoms with Gasteiger partial charge in [0, 0.05) is 74.2 Å². The van der Waals surface area contributed by atoms with Gasteiger partial charge in [-0.1, -0.05) is 6.07 Å². The second kappa shape index (κ2) is 8.16. The van der Waals surface area contributed by atoms with E-state index in [9.17, 15) is 19.1 Å². The molecule has 2 heterocycles.